The molecule has 2 aliphatic heterocycles. The Morgan fingerprint density at radius 2 is 1.71 bits per heavy atom. The summed E-state index contributed by atoms with van der Waals surface area (Å²) in [5.74, 6) is 2.05. The molecule has 4 rings (SSSR count). The highest BCUT2D eigenvalue weighted by Crippen LogP contribution is 2.44. The monoisotopic (exact) mass is 323 g/mol. The van der Waals surface area contributed by atoms with Gasteiger partial charge < -0.3 is 14.8 Å². The van der Waals surface area contributed by atoms with Crippen LogP contribution in [0.4, 0.5) is 5.69 Å². The molecule has 0 fully saturated rings. The molecule has 124 valence electrons. The first kappa shape index (κ1) is 15.1. The third-order valence-electron chi connectivity index (χ3n) is 4.76. The third kappa shape index (κ3) is 2.62. The lowest BCUT2D eigenvalue weighted by Gasteiger charge is -2.29. The van der Waals surface area contributed by atoms with Crippen LogP contribution in [0, 0.1) is 0 Å². The summed E-state index contributed by atoms with van der Waals surface area (Å²) < 4.78 is 11.3. The molecule has 1 N–H and O–H groups in total. The van der Waals surface area contributed by atoms with E-state index in [0.717, 1.165) is 22.6 Å². The highest BCUT2D eigenvalue weighted by atomic mass is 16.6. The van der Waals surface area contributed by atoms with Gasteiger partial charge in [0, 0.05) is 24.1 Å². The van der Waals surface area contributed by atoms with Crippen molar-refractivity contribution in [2.24, 2.45) is 0 Å². The van der Waals surface area contributed by atoms with E-state index in [1.54, 1.807) is 0 Å². The number of nitrogens with one attached hydrogen (secondary N) is 1. The summed E-state index contributed by atoms with van der Waals surface area (Å²) in [6.07, 6.45) is 0.452. The Bertz CT molecular complexity index is 780. The number of anilines is 1. The van der Waals surface area contributed by atoms with E-state index in [4.69, 9.17) is 9.47 Å². The van der Waals surface area contributed by atoms with Crippen molar-refractivity contribution in [3.8, 4) is 11.5 Å². The van der Waals surface area contributed by atoms with Crippen molar-refractivity contribution in [1.29, 1.82) is 0 Å². The normalized spacial score (nSPS) is 19.0. The second-order valence-corrected chi connectivity index (χ2v) is 6.71. The maximum absolute atomic E-state index is 12.2. The third-order valence-corrected chi connectivity index (χ3v) is 4.76. The predicted octanol–water partition coefficient (Wildman–Crippen LogP) is 4.06. The number of carbonyl (C=O) groups excluding carboxylic acids is 1. The summed E-state index contributed by atoms with van der Waals surface area (Å²) >= 11 is 0. The van der Waals surface area contributed by atoms with Crippen molar-refractivity contribution in [2.45, 2.75) is 32.1 Å². The fourth-order valence-corrected chi connectivity index (χ4v) is 3.41. The lowest BCUT2D eigenvalue weighted by Crippen LogP contribution is -2.24. The van der Waals surface area contributed by atoms with Crippen LogP contribution in [0.3, 0.4) is 0 Å². The summed E-state index contributed by atoms with van der Waals surface area (Å²) in [6, 6.07) is 12.5. The number of carbonyl (C=O) groups is 1. The van der Waals surface area contributed by atoms with Crippen molar-refractivity contribution in [3.63, 3.8) is 0 Å². The zero-order chi connectivity index (χ0) is 16.7. The first-order valence-electron chi connectivity index (χ1n) is 8.45. The Morgan fingerprint density at radius 3 is 2.38 bits per heavy atom. The summed E-state index contributed by atoms with van der Waals surface area (Å²) in [6.45, 7) is 5.47. The minimum Gasteiger partial charge on any atom is -0.486 e. The Hall–Kier alpha value is -2.49. The number of fused-ring (bicyclic) bond motifs is 2. The van der Waals surface area contributed by atoms with Gasteiger partial charge in [0.15, 0.2) is 11.5 Å². The average Bonchev–Trinajstić information content (AvgIpc) is 2.59. The van der Waals surface area contributed by atoms with E-state index < -0.39 is 0 Å². The minimum absolute atomic E-state index is 0.0390. The molecule has 1 amide bonds. The molecule has 0 aromatic heterocycles. The molecule has 2 heterocycles. The number of rotatable bonds is 2. The number of hydrogen-bond acceptors (Lipinski definition) is 3. The number of hydrogen-bond donors (Lipinski definition) is 1. The molecule has 0 saturated carbocycles. The van der Waals surface area contributed by atoms with E-state index in [-0.39, 0.29) is 11.8 Å². The summed E-state index contributed by atoms with van der Waals surface area (Å²) in [5.41, 5.74) is 4.39. The molecule has 0 bridgehead atoms. The fraction of sp³-hybridized carbons (Fsp3) is 0.350. The van der Waals surface area contributed by atoms with E-state index >= 15 is 0 Å². The van der Waals surface area contributed by atoms with Gasteiger partial charge in [0.2, 0.25) is 5.91 Å². The second-order valence-electron chi connectivity index (χ2n) is 6.71. The standard InChI is InChI=1S/C20H21NO3/c1-12(2)13-3-5-14(6-4-13)15-10-20(22)21-17-11-19-18(9-16(15)17)23-7-8-24-19/h3-6,9,11-12,15H,7-8,10H2,1-2H3,(H,21,22)/t15-/m0/s1. The maximum Gasteiger partial charge on any atom is 0.225 e. The molecule has 1 atom stereocenters. The van der Waals surface area contributed by atoms with Gasteiger partial charge in [0.25, 0.3) is 0 Å². The summed E-state index contributed by atoms with van der Waals surface area (Å²) in [4.78, 5) is 12.2. The van der Waals surface area contributed by atoms with Gasteiger partial charge in [-0.3, -0.25) is 4.79 Å². The fourth-order valence-electron chi connectivity index (χ4n) is 3.41. The SMILES string of the molecule is CC(C)c1ccc([C@@H]2CC(=O)Nc3cc4c(cc32)OCCO4)cc1. The van der Waals surface area contributed by atoms with Crippen molar-refractivity contribution >= 4 is 11.6 Å². The van der Waals surface area contributed by atoms with Crippen LogP contribution in [0.15, 0.2) is 36.4 Å². The van der Waals surface area contributed by atoms with Gasteiger partial charge in [-0.1, -0.05) is 38.1 Å². The van der Waals surface area contributed by atoms with Gasteiger partial charge in [-0.05, 0) is 28.7 Å². The Kier molecular flexibility index (Phi) is 3.68. The van der Waals surface area contributed by atoms with Crippen LogP contribution in [0.5, 0.6) is 11.5 Å². The summed E-state index contributed by atoms with van der Waals surface area (Å²) in [5, 5.41) is 2.96. The van der Waals surface area contributed by atoms with Crippen LogP contribution in [0.2, 0.25) is 0 Å². The Labute approximate surface area is 141 Å². The van der Waals surface area contributed by atoms with E-state index in [9.17, 15) is 4.79 Å². The zero-order valence-electron chi connectivity index (χ0n) is 14.0. The summed E-state index contributed by atoms with van der Waals surface area (Å²) in [7, 11) is 0. The molecule has 2 aromatic rings. The molecule has 24 heavy (non-hydrogen) atoms. The van der Waals surface area contributed by atoms with E-state index in [1.807, 2.05) is 12.1 Å². The Morgan fingerprint density at radius 1 is 1.04 bits per heavy atom. The smallest absolute Gasteiger partial charge is 0.225 e. The number of benzene rings is 2. The molecule has 2 aromatic carbocycles. The number of ether oxygens (including phenoxy) is 2. The van der Waals surface area contributed by atoms with Crippen molar-refractivity contribution in [2.75, 3.05) is 18.5 Å². The lowest BCUT2D eigenvalue weighted by molar-refractivity contribution is -0.116. The van der Waals surface area contributed by atoms with Crippen LogP contribution in [0.1, 0.15) is 48.8 Å². The molecular weight excluding hydrogens is 302 g/mol. The topological polar surface area (TPSA) is 47.6 Å². The highest BCUT2D eigenvalue weighted by molar-refractivity contribution is 5.96. The molecule has 4 nitrogen and oxygen atoms in total. The van der Waals surface area contributed by atoms with Crippen molar-refractivity contribution < 1.29 is 14.3 Å². The maximum atomic E-state index is 12.2. The van der Waals surface area contributed by atoms with Crippen molar-refractivity contribution in [3.05, 3.63) is 53.1 Å². The largest absolute Gasteiger partial charge is 0.486 e. The lowest BCUT2D eigenvalue weighted by atomic mass is 9.84. The first-order chi connectivity index (χ1) is 11.6. The van der Waals surface area contributed by atoms with Gasteiger partial charge in [-0.25, -0.2) is 0 Å². The van der Waals surface area contributed by atoms with Crippen LogP contribution in [-0.2, 0) is 4.79 Å². The highest BCUT2D eigenvalue weighted by Gasteiger charge is 2.29. The molecule has 4 heteroatoms. The van der Waals surface area contributed by atoms with Crippen LogP contribution in [-0.4, -0.2) is 19.1 Å². The van der Waals surface area contributed by atoms with E-state index in [0.29, 0.717) is 31.3 Å². The predicted molar refractivity (Wildman–Crippen MR) is 93.1 cm³/mol. The second kappa shape index (κ2) is 5.86. The molecule has 0 unspecified atom stereocenters. The van der Waals surface area contributed by atoms with Gasteiger partial charge >= 0.3 is 0 Å². The van der Waals surface area contributed by atoms with E-state index in [2.05, 4.69) is 43.4 Å². The zero-order valence-corrected chi connectivity index (χ0v) is 14.0. The van der Waals surface area contributed by atoms with Gasteiger partial charge in [-0.2, -0.15) is 0 Å². The van der Waals surface area contributed by atoms with Crippen LogP contribution < -0.4 is 14.8 Å². The minimum atomic E-state index is 0.0390. The first-order valence-corrected chi connectivity index (χ1v) is 8.45. The van der Waals surface area contributed by atoms with Gasteiger partial charge in [-0.15, -0.1) is 0 Å². The Balaban J connectivity index is 1.76. The van der Waals surface area contributed by atoms with Crippen molar-refractivity contribution in [1.82, 2.24) is 0 Å². The molecule has 0 spiro atoms. The number of amides is 1. The molecule has 0 aliphatic carbocycles. The molecule has 0 radical (unpaired) electrons. The van der Waals surface area contributed by atoms with Crippen LogP contribution in [0.25, 0.3) is 0 Å². The molecule has 0 saturated heterocycles. The molecule has 2 aliphatic rings. The van der Waals surface area contributed by atoms with E-state index in [1.165, 1.54) is 5.56 Å². The quantitative estimate of drug-likeness (QED) is 0.907. The van der Waals surface area contributed by atoms with Gasteiger partial charge in [0.1, 0.15) is 13.2 Å². The van der Waals surface area contributed by atoms with Gasteiger partial charge in [0.05, 0.1) is 0 Å². The average molecular weight is 323 g/mol. The van der Waals surface area contributed by atoms with Crippen LogP contribution >= 0.6 is 0 Å². The molecular formula is C20H21NO3.